The van der Waals surface area contributed by atoms with E-state index in [1.807, 2.05) is 18.2 Å². The summed E-state index contributed by atoms with van der Waals surface area (Å²) in [6.07, 6.45) is 0. The summed E-state index contributed by atoms with van der Waals surface area (Å²) in [5.74, 6) is 0.204. The van der Waals surface area contributed by atoms with E-state index in [0.29, 0.717) is 19.0 Å². The highest BCUT2D eigenvalue weighted by molar-refractivity contribution is 7.89. The van der Waals surface area contributed by atoms with Gasteiger partial charge in [-0.3, -0.25) is 0 Å². The zero-order chi connectivity index (χ0) is 20.7. The summed E-state index contributed by atoms with van der Waals surface area (Å²) in [5.41, 5.74) is 0.123. The third kappa shape index (κ3) is 5.26. The maximum absolute atomic E-state index is 13.0. The lowest BCUT2D eigenvalue weighted by Crippen LogP contribution is -2.40. The minimum atomic E-state index is -3.83. The number of esters is 1. The molecule has 8 nitrogen and oxygen atoms in total. The zero-order valence-electron chi connectivity index (χ0n) is 16.1. The topological polar surface area (TPSA) is 91.4 Å². The van der Waals surface area contributed by atoms with E-state index in [1.54, 1.807) is 12.1 Å². The maximum Gasteiger partial charge on any atom is 0.338 e. The fourth-order valence-corrected chi connectivity index (χ4v) is 4.41. The Morgan fingerprint density at radius 1 is 1.07 bits per heavy atom. The van der Waals surface area contributed by atoms with E-state index >= 15 is 0 Å². The van der Waals surface area contributed by atoms with Crippen LogP contribution >= 0.6 is 0 Å². The number of benzene rings is 2. The number of morpholine rings is 1. The standard InChI is InChI=1S/C20H23NO7S/c1-25-18-8-7-16(15-19(18)29(23,24)21-9-11-26-12-10-21)20(22)28-14-13-27-17-5-3-2-4-6-17/h2-8,15H,9-14H2,1H3. The number of hydrogen-bond acceptors (Lipinski definition) is 7. The molecular weight excluding hydrogens is 398 g/mol. The van der Waals surface area contributed by atoms with Gasteiger partial charge in [-0.1, -0.05) is 18.2 Å². The molecule has 1 fully saturated rings. The molecule has 2 aromatic rings. The van der Waals surface area contributed by atoms with Crippen molar-refractivity contribution in [3.05, 3.63) is 54.1 Å². The molecular formula is C20H23NO7S. The molecule has 0 spiro atoms. The number of sulfonamides is 1. The Bertz CT molecular complexity index is 925. The van der Waals surface area contributed by atoms with Crippen molar-refractivity contribution in [1.29, 1.82) is 0 Å². The number of nitrogens with zero attached hydrogens (tertiary/aromatic N) is 1. The largest absolute Gasteiger partial charge is 0.495 e. The summed E-state index contributed by atoms with van der Waals surface area (Å²) >= 11 is 0. The number of hydrogen-bond donors (Lipinski definition) is 0. The van der Waals surface area contributed by atoms with Crippen molar-refractivity contribution < 1.29 is 32.2 Å². The molecule has 2 aromatic carbocycles. The molecule has 0 bridgehead atoms. The minimum absolute atomic E-state index is 0.0330. The molecule has 0 aromatic heterocycles. The van der Waals surface area contributed by atoms with Crippen LogP contribution in [0, 0.1) is 0 Å². The first-order valence-electron chi connectivity index (χ1n) is 9.13. The fourth-order valence-electron chi connectivity index (χ4n) is 2.83. The zero-order valence-corrected chi connectivity index (χ0v) is 16.9. The highest BCUT2D eigenvalue weighted by atomic mass is 32.2. The van der Waals surface area contributed by atoms with Gasteiger partial charge in [-0.25, -0.2) is 13.2 Å². The second-order valence-electron chi connectivity index (χ2n) is 6.18. The van der Waals surface area contributed by atoms with Crippen LogP contribution in [0.1, 0.15) is 10.4 Å². The lowest BCUT2D eigenvalue weighted by atomic mass is 10.2. The second kappa shape index (κ2) is 9.73. The highest BCUT2D eigenvalue weighted by Crippen LogP contribution is 2.28. The Morgan fingerprint density at radius 3 is 2.48 bits per heavy atom. The predicted molar refractivity (Wildman–Crippen MR) is 105 cm³/mol. The Morgan fingerprint density at radius 2 is 1.79 bits per heavy atom. The Hall–Kier alpha value is -2.62. The van der Waals surface area contributed by atoms with E-state index < -0.39 is 16.0 Å². The summed E-state index contributed by atoms with van der Waals surface area (Å²) in [7, 11) is -2.44. The van der Waals surface area contributed by atoms with Crippen molar-refractivity contribution in [1.82, 2.24) is 4.31 Å². The summed E-state index contributed by atoms with van der Waals surface area (Å²) < 4.78 is 48.4. The molecule has 0 atom stereocenters. The SMILES string of the molecule is COc1ccc(C(=O)OCCOc2ccccc2)cc1S(=O)(=O)N1CCOCC1. The van der Waals surface area contributed by atoms with Crippen molar-refractivity contribution in [2.24, 2.45) is 0 Å². The predicted octanol–water partition coefficient (Wildman–Crippen LogP) is 1.95. The molecule has 1 heterocycles. The van der Waals surface area contributed by atoms with Gasteiger partial charge in [0.1, 0.15) is 29.6 Å². The monoisotopic (exact) mass is 421 g/mol. The van der Waals surface area contributed by atoms with Gasteiger partial charge in [0, 0.05) is 13.1 Å². The van der Waals surface area contributed by atoms with Gasteiger partial charge in [-0.2, -0.15) is 4.31 Å². The third-order valence-corrected chi connectivity index (χ3v) is 6.24. The van der Waals surface area contributed by atoms with Gasteiger partial charge in [-0.05, 0) is 30.3 Å². The molecule has 1 aliphatic rings. The van der Waals surface area contributed by atoms with Crippen LogP contribution in [0.5, 0.6) is 11.5 Å². The van der Waals surface area contributed by atoms with Gasteiger partial charge in [0.05, 0.1) is 25.9 Å². The highest BCUT2D eigenvalue weighted by Gasteiger charge is 2.30. The molecule has 0 saturated carbocycles. The first-order valence-corrected chi connectivity index (χ1v) is 10.6. The van der Waals surface area contributed by atoms with Gasteiger partial charge in [0.25, 0.3) is 0 Å². The maximum atomic E-state index is 13.0. The van der Waals surface area contributed by atoms with Crippen molar-refractivity contribution in [3.63, 3.8) is 0 Å². The van der Waals surface area contributed by atoms with Crippen LogP contribution < -0.4 is 9.47 Å². The van der Waals surface area contributed by atoms with Crippen LogP contribution in [0.2, 0.25) is 0 Å². The van der Waals surface area contributed by atoms with Crippen molar-refractivity contribution in [2.75, 3.05) is 46.6 Å². The van der Waals surface area contributed by atoms with Crippen LogP contribution in [-0.2, 0) is 19.5 Å². The van der Waals surface area contributed by atoms with Crippen molar-refractivity contribution in [3.8, 4) is 11.5 Å². The molecule has 0 radical (unpaired) electrons. The molecule has 0 unspecified atom stereocenters. The molecule has 156 valence electrons. The smallest absolute Gasteiger partial charge is 0.338 e. The number of rotatable bonds is 8. The molecule has 1 saturated heterocycles. The average molecular weight is 421 g/mol. The molecule has 0 aliphatic carbocycles. The number of carbonyl (C=O) groups excluding carboxylic acids is 1. The van der Waals surface area contributed by atoms with Crippen LogP contribution in [0.15, 0.2) is 53.4 Å². The fraction of sp³-hybridized carbons (Fsp3) is 0.350. The summed E-state index contributed by atoms with van der Waals surface area (Å²) in [5, 5.41) is 0. The van der Waals surface area contributed by atoms with E-state index in [0.717, 1.165) is 0 Å². The van der Waals surface area contributed by atoms with E-state index in [4.69, 9.17) is 18.9 Å². The summed E-state index contributed by atoms with van der Waals surface area (Å²) in [6.45, 7) is 1.36. The lowest BCUT2D eigenvalue weighted by molar-refractivity contribution is 0.0450. The normalized spacial score (nSPS) is 14.9. The number of methoxy groups -OCH3 is 1. The quantitative estimate of drug-likeness (QED) is 0.475. The second-order valence-corrected chi connectivity index (χ2v) is 8.09. The third-order valence-electron chi connectivity index (χ3n) is 4.32. The minimum Gasteiger partial charge on any atom is -0.495 e. The summed E-state index contributed by atoms with van der Waals surface area (Å²) in [6, 6.07) is 13.4. The van der Waals surface area contributed by atoms with Crippen LogP contribution in [0.4, 0.5) is 0 Å². The first-order chi connectivity index (χ1) is 14.0. The Labute approximate surface area is 170 Å². The van der Waals surface area contributed by atoms with Gasteiger partial charge < -0.3 is 18.9 Å². The van der Waals surface area contributed by atoms with E-state index in [-0.39, 0.29) is 42.5 Å². The first kappa shape index (κ1) is 21.1. The Balaban J connectivity index is 1.68. The van der Waals surface area contributed by atoms with Crippen molar-refractivity contribution >= 4 is 16.0 Å². The molecule has 29 heavy (non-hydrogen) atoms. The van der Waals surface area contributed by atoms with Gasteiger partial charge in [0.15, 0.2) is 0 Å². The molecule has 9 heteroatoms. The molecule has 0 N–H and O–H groups in total. The van der Waals surface area contributed by atoms with Crippen molar-refractivity contribution in [2.45, 2.75) is 4.90 Å². The molecule has 1 aliphatic heterocycles. The van der Waals surface area contributed by atoms with Gasteiger partial charge in [-0.15, -0.1) is 0 Å². The van der Waals surface area contributed by atoms with Crippen LogP contribution in [0.3, 0.4) is 0 Å². The van der Waals surface area contributed by atoms with E-state index in [1.165, 1.54) is 29.6 Å². The van der Waals surface area contributed by atoms with Crippen LogP contribution in [-0.4, -0.2) is 65.3 Å². The summed E-state index contributed by atoms with van der Waals surface area (Å²) in [4.78, 5) is 12.3. The van der Waals surface area contributed by atoms with Gasteiger partial charge >= 0.3 is 5.97 Å². The molecule has 3 rings (SSSR count). The van der Waals surface area contributed by atoms with Gasteiger partial charge in [0.2, 0.25) is 10.0 Å². The van der Waals surface area contributed by atoms with Crippen LogP contribution in [0.25, 0.3) is 0 Å². The number of ether oxygens (including phenoxy) is 4. The Kier molecular flexibility index (Phi) is 7.08. The lowest BCUT2D eigenvalue weighted by Gasteiger charge is -2.26. The van der Waals surface area contributed by atoms with E-state index in [2.05, 4.69) is 0 Å². The number of para-hydroxylation sites is 1. The molecule has 0 amide bonds. The average Bonchev–Trinajstić information content (AvgIpc) is 2.77. The number of carbonyl (C=O) groups is 1. The van der Waals surface area contributed by atoms with E-state index in [9.17, 15) is 13.2 Å².